The van der Waals surface area contributed by atoms with Gasteiger partial charge in [-0.25, -0.2) is 0 Å². The molecule has 16 heavy (non-hydrogen) atoms. The Morgan fingerprint density at radius 1 is 1.25 bits per heavy atom. The summed E-state index contributed by atoms with van der Waals surface area (Å²) in [6.45, 7) is 4.21. The van der Waals surface area contributed by atoms with Gasteiger partial charge in [0, 0.05) is 18.6 Å². The first-order valence-corrected chi connectivity index (χ1v) is 5.85. The van der Waals surface area contributed by atoms with Crippen molar-refractivity contribution >= 4 is 10.9 Å². The maximum absolute atomic E-state index is 12.1. The normalized spacial score (nSPS) is 10.9. The molecule has 0 aliphatic carbocycles. The summed E-state index contributed by atoms with van der Waals surface area (Å²) in [5.41, 5.74) is 2.86. The lowest BCUT2D eigenvalue weighted by molar-refractivity contribution is -0.586. The van der Waals surface area contributed by atoms with E-state index in [4.69, 9.17) is 0 Å². The minimum atomic E-state index is 0.786. The molecule has 1 aromatic heterocycles. The van der Waals surface area contributed by atoms with Crippen LogP contribution in [0.2, 0.25) is 0 Å². The molecule has 0 saturated carbocycles. The van der Waals surface area contributed by atoms with E-state index in [1.165, 1.54) is 5.56 Å². The zero-order valence-corrected chi connectivity index (χ0v) is 9.86. The molecule has 2 aromatic rings. The van der Waals surface area contributed by atoms with E-state index in [9.17, 15) is 5.21 Å². The Morgan fingerprint density at radius 2 is 2.00 bits per heavy atom. The number of hydrogen-bond donors (Lipinski definition) is 0. The number of nitrogens with zero attached hydrogens (tertiary/aromatic N) is 1. The average molecular weight is 215 g/mol. The second-order valence-corrected chi connectivity index (χ2v) is 4.23. The van der Waals surface area contributed by atoms with Crippen molar-refractivity contribution in [1.29, 1.82) is 0 Å². The van der Waals surface area contributed by atoms with Crippen molar-refractivity contribution in [2.75, 3.05) is 0 Å². The molecule has 0 aliphatic rings. The molecule has 0 unspecified atom stereocenters. The molecule has 0 N–H and O–H groups in total. The molecule has 2 nitrogen and oxygen atoms in total. The molecule has 0 fully saturated rings. The Balaban J connectivity index is 2.56. The predicted octanol–water partition coefficient (Wildman–Crippen LogP) is 3.12. The van der Waals surface area contributed by atoms with Gasteiger partial charge in [0.25, 0.3) is 0 Å². The lowest BCUT2D eigenvalue weighted by atomic mass is 10.1. The van der Waals surface area contributed by atoms with Gasteiger partial charge in [-0.3, -0.25) is 0 Å². The van der Waals surface area contributed by atoms with Crippen LogP contribution in [0.5, 0.6) is 0 Å². The molecule has 2 rings (SSSR count). The van der Waals surface area contributed by atoms with Crippen LogP contribution < -0.4 is 4.73 Å². The molecule has 1 heterocycles. The van der Waals surface area contributed by atoms with Gasteiger partial charge in [0.05, 0.1) is 5.39 Å². The standard InChI is InChI=1S/C14H17NO/c1-3-4-7-12-10-11(2)13-8-5-6-9-14(13)15(12)16/h5-6,8-10H,3-4,7H2,1-2H3. The van der Waals surface area contributed by atoms with E-state index in [2.05, 4.69) is 13.8 Å². The van der Waals surface area contributed by atoms with Gasteiger partial charge >= 0.3 is 0 Å². The molecule has 84 valence electrons. The van der Waals surface area contributed by atoms with Crippen molar-refractivity contribution in [3.05, 3.63) is 46.8 Å². The number of unbranched alkanes of at least 4 members (excludes halogenated alkanes) is 1. The molecule has 0 saturated heterocycles. The van der Waals surface area contributed by atoms with E-state index in [0.717, 1.165) is 40.6 Å². The van der Waals surface area contributed by atoms with Gasteiger partial charge in [-0.05, 0) is 25.0 Å². The topological polar surface area (TPSA) is 26.9 Å². The van der Waals surface area contributed by atoms with Crippen LogP contribution in [0.25, 0.3) is 10.9 Å². The van der Waals surface area contributed by atoms with Crippen LogP contribution in [0.1, 0.15) is 31.0 Å². The highest BCUT2D eigenvalue weighted by Gasteiger charge is 2.11. The van der Waals surface area contributed by atoms with Crippen LogP contribution in [0.3, 0.4) is 0 Å². The van der Waals surface area contributed by atoms with Gasteiger partial charge < -0.3 is 5.21 Å². The van der Waals surface area contributed by atoms with Gasteiger partial charge in [0.2, 0.25) is 5.52 Å². The summed E-state index contributed by atoms with van der Waals surface area (Å²) in [5, 5.41) is 13.2. The first kappa shape index (κ1) is 10.9. The van der Waals surface area contributed by atoms with Crippen molar-refractivity contribution in [2.45, 2.75) is 33.1 Å². The quantitative estimate of drug-likeness (QED) is 0.571. The zero-order chi connectivity index (χ0) is 11.5. The molecule has 2 heteroatoms. The van der Waals surface area contributed by atoms with Gasteiger partial charge in [-0.2, -0.15) is 4.73 Å². The molecule has 0 bridgehead atoms. The van der Waals surface area contributed by atoms with E-state index in [1.54, 1.807) is 0 Å². The maximum atomic E-state index is 12.1. The lowest BCUT2D eigenvalue weighted by Crippen LogP contribution is -2.33. The Hall–Kier alpha value is -1.57. The number of hydrogen-bond acceptors (Lipinski definition) is 1. The number of pyridine rings is 1. The Labute approximate surface area is 96.1 Å². The molecule has 0 aliphatic heterocycles. The van der Waals surface area contributed by atoms with Crippen molar-refractivity contribution in [3.63, 3.8) is 0 Å². The summed E-state index contributed by atoms with van der Waals surface area (Å²) in [5.74, 6) is 0. The first-order chi connectivity index (χ1) is 7.74. The number of aryl methyl sites for hydroxylation is 2. The molecule has 0 spiro atoms. The Morgan fingerprint density at radius 3 is 2.75 bits per heavy atom. The smallest absolute Gasteiger partial charge is 0.224 e. The van der Waals surface area contributed by atoms with Crippen molar-refractivity contribution < 1.29 is 4.73 Å². The number of fused-ring (bicyclic) bond motifs is 1. The van der Waals surface area contributed by atoms with Crippen molar-refractivity contribution in [1.82, 2.24) is 0 Å². The van der Waals surface area contributed by atoms with E-state index >= 15 is 0 Å². The third-order valence-electron chi connectivity index (χ3n) is 2.98. The Kier molecular flexibility index (Phi) is 3.09. The van der Waals surface area contributed by atoms with Gasteiger partial charge in [0.15, 0.2) is 5.69 Å². The number of rotatable bonds is 3. The third-order valence-corrected chi connectivity index (χ3v) is 2.98. The van der Waals surface area contributed by atoms with E-state index in [0.29, 0.717) is 0 Å². The second-order valence-electron chi connectivity index (χ2n) is 4.23. The summed E-state index contributed by atoms with van der Waals surface area (Å²) >= 11 is 0. The SMILES string of the molecule is CCCCc1cc(C)c2ccccc2[n+]1[O-]. The fourth-order valence-electron chi connectivity index (χ4n) is 2.06. The monoisotopic (exact) mass is 215 g/mol. The van der Waals surface area contributed by atoms with Gasteiger partial charge in [-0.15, -0.1) is 0 Å². The van der Waals surface area contributed by atoms with Gasteiger partial charge in [-0.1, -0.05) is 25.5 Å². The zero-order valence-electron chi connectivity index (χ0n) is 9.86. The van der Waals surface area contributed by atoms with Crippen LogP contribution in [-0.2, 0) is 6.42 Å². The lowest BCUT2D eigenvalue weighted by Gasteiger charge is -2.09. The second kappa shape index (κ2) is 4.52. The highest BCUT2D eigenvalue weighted by molar-refractivity contribution is 5.79. The van der Waals surface area contributed by atoms with Crippen molar-refractivity contribution in [3.8, 4) is 0 Å². The van der Waals surface area contributed by atoms with Crippen LogP contribution in [0.4, 0.5) is 0 Å². The molecule has 0 radical (unpaired) electrons. The van der Waals surface area contributed by atoms with Crippen LogP contribution in [0.15, 0.2) is 30.3 Å². The number of para-hydroxylation sites is 1. The number of benzene rings is 1. The Bertz CT molecular complexity index is 505. The van der Waals surface area contributed by atoms with Crippen LogP contribution in [0, 0.1) is 12.1 Å². The molecule has 0 amide bonds. The predicted molar refractivity (Wildman–Crippen MR) is 66.3 cm³/mol. The molecular formula is C14H17NO. The van der Waals surface area contributed by atoms with Crippen LogP contribution >= 0.6 is 0 Å². The maximum Gasteiger partial charge on any atom is 0.224 e. The fourth-order valence-corrected chi connectivity index (χ4v) is 2.06. The highest BCUT2D eigenvalue weighted by atomic mass is 16.5. The van der Waals surface area contributed by atoms with E-state index in [-0.39, 0.29) is 0 Å². The largest absolute Gasteiger partial charge is 0.618 e. The van der Waals surface area contributed by atoms with Crippen LogP contribution in [-0.4, -0.2) is 0 Å². The van der Waals surface area contributed by atoms with Gasteiger partial charge in [0.1, 0.15) is 0 Å². The first-order valence-electron chi connectivity index (χ1n) is 5.85. The van der Waals surface area contributed by atoms with Crippen molar-refractivity contribution in [2.24, 2.45) is 0 Å². The minimum absolute atomic E-state index is 0.786. The summed E-state index contributed by atoms with van der Waals surface area (Å²) in [7, 11) is 0. The summed E-state index contributed by atoms with van der Waals surface area (Å²) in [6, 6.07) is 9.80. The third kappa shape index (κ3) is 1.87. The van der Waals surface area contributed by atoms with E-state index < -0.39 is 0 Å². The number of aromatic nitrogens is 1. The summed E-state index contributed by atoms with van der Waals surface area (Å²) in [4.78, 5) is 0. The fraction of sp³-hybridized carbons (Fsp3) is 0.357. The average Bonchev–Trinajstić information content (AvgIpc) is 2.32. The highest BCUT2D eigenvalue weighted by Crippen LogP contribution is 2.16. The molecule has 1 aromatic carbocycles. The summed E-state index contributed by atoms with van der Waals surface area (Å²) < 4.78 is 1.08. The van der Waals surface area contributed by atoms with E-state index in [1.807, 2.05) is 30.3 Å². The molecule has 0 atom stereocenters. The summed E-state index contributed by atoms with van der Waals surface area (Å²) in [6.07, 6.45) is 3.05. The minimum Gasteiger partial charge on any atom is -0.618 e. The molecular weight excluding hydrogens is 198 g/mol.